The fourth-order valence-corrected chi connectivity index (χ4v) is 2.63. The molecule has 0 fully saturated rings. The predicted octanol–water partition coefficient (Wildman–Crippen LogP) is -2.67. The number of aliphatic carboxylic acids is 1. The van der Waals surface area contributed by atoms with Crippen LogP contribution in [0.1, 0.15) is 18.4 Å². The van der Waals surface area contributed by atoms with E-state index in [2.05, 4.69) is 21.3 Å². The van der Waals surface area contributed by atoms with Crippen molar-refractivity contribution in [3.05, 3.63) is 29.8 Å². The van der Waals surface area contributed by atoms with Gasteiger partial charge in [-0.2, -0.15) is 0 Å². The second-order valence-electron chi connectivity index (χ2n) is 6.85. The van der Waals surface area contributed by atoms with Gasteiger partial charge in [0.05, 0.1) is 13.1 Å². The highest BCUT2D eigenvalue weighted by molar-refractivity contribution is 5.92. The Labute approximate surface area is 184 Å². The molecule has 1 aromatic rings. The van der Waals surface area contributed by atoms with E-state index in [-0.39, 0.29) is 37.6 Å². The molecule has 1 aromatic carbocycles. The van der Waals surface area contributed by atoms with Gasteiger partial charge in [-0.05, 0) is 30.5 Å². The minimum atomic E-state index is -1.28. The van der Waals surface area contributed by atoms with E-state index in [0.29, 0.717) is 12.0 Å². The van der Waals surface area contributed by atoms with Gasteiger partial charge in [0.2, 0.25) is 17.7 Å². The number of carboxylic acids is 1. The third-order valence-corrected chi connectivity index (χ3v) is 4.26. The highest BCUT2D eigenvalue weighted by Crippen LogP contribution is 2.12. The maximum atomic E-state index is 12.7. The molecule has 0 saturated heterocycles. The number of guanidine groups is 1. The Balaban J connectivity index is 2.81. The number of nitrogens with two attached hydrogens (primary N) is 2. The van der Waals surface area contributed by atoms with E-state index in [1.165, 1.54) is 24.3 Å². The van der Waals surface area contributed by atoms with Gasteiger partial charge in [0.25, 0.3) is 0 Å². The van der Waals surface area contributed by atoms with Crippen molar-refractivity contribution in [2.24, 2.45) is 11.5 Å². The van der Waals surface area contributed by atoms with Crippen LogP contribution in [0.4, 0.5) is 0 Å². The van der Waals surface area contributed by atoms with Crippen LogP contribution in [0.15, 0.2) is 24.3 Å². The summed E-state index contributed by atoms with van der Waals surface area (Å²) in [6.07, 6.45) is 0.414. The Morgan fingerprint density at radius 3 is 2.22 bits per heavy atom. The molecule has 13 nitrogen and oxygen atoms in total. The smallest absolute Gasteiger partial charge is 0.326 e. The number of carbonyl (C=O) groups is 4. The van der Waals surface area contributed by atoms with E-state index < -0.39 is 42.3 Å². The molecule has 11 N–H and O–H groups in total. The van der Waals surface area contributed by atoms with E-state index in [4.69, 9.17) is 16.9 Å². The molecule has 0 bridgehead atoms. The molecule has 0 spiro atoms. The van der Waals surface area contributed by atoms with Gasteiger partial charge in [0, 0.05) is 13.0 Å². The average Bonchev–Trinajstić information content (AvgIpc) is 2.74. The molecule has 0 unspecified atom stereocenters. The number of benzene rings is 1. The summed E-state index contributed by atoms with van der Waals surface area (Å²) in [6.45, 7) is -0.443. The van der Waals surface area contributed by atoms with E-state index in [1.807, 2.05) is 0 Å². The Morgan fingerprint density at radius 1 is 1.00 bits per heavy atom. The minimum Gasteiger partial charge on any atom is -0.508 e. The number of amides is 3. The Morgan fingerprint density at radius 2 is 1.66 bits per heavy atom. The van der Waals surface area contributed by atoms with Crippen molar-refractivity contribution >= 4 is 29.7 Å². The molecular weight excluding hydrogens is 422 g/mol. The summed E-state index contributed by atoms with van der Waals surface area (Å²) in [6, 6.07) is 3.49. The molecule has 3 amide bonds. The standard InChI is InChI=1S/C19H29N7O6/c20-9-15(28)24-10-16(29)25-13(2-1-7-23-19(21)22)17(30)26-14(18(31)32)8-11-3-5-12(27)6-4-11/h3-6,13-14,27H,1-2,7-10,20H2,(H,24,28)(H,25,29)(H,26,30)(H,31,32)(H4,21,22,23)/t13-,14-/m0/s1. The van der Waals surface area contributed by atoms with Crippen molar-refractivity contribution in [3.63, 3.8) is 0 Å². The fraction of sp³-hybridized carbons (Fsp3) is 0.421. The summed E-state index contributed by atoms with van der Waals surface area (Å²) in [7, 11) is 0. The number of carbonyl (C=O) groups excluding carboxylic acids is 3. The van der Waals surface area contributed by atoms with Gasteiger partial charge in [0.15, 0.2) is 5.96 Å². The number of hydrogen-bond donors (Lipinski definition) is 9. The van der Waals surface area contributed by atoms with Crippen molar-refractivity contribution in [1.82, 2.24) is 21.3 Å². The molecule has 2 atom stereocenters. The third-order valence-electron chi connectivity index (χ3n) is 4.26. The molecular formula is C19H29N7O6. The van der Waals surface area contributed by atoms with E-state index in [1.54, 1.807) is 0 Å². The van der Waals surface area contributed by atoms with Crippen LogP contribution in [-0.4, -0.2) is 71.6 Å². The van der Waals surface area contributed by atoms with Crippen molar-refractivity contribution in [2.75, 3.05) is 19.6 Å². The first-order valence-electron chi connectivity index (χ1n) is 9.77. The largest absolute Gasteiger partial charge is 0.508 e. The SMILES string of the molecule is N=C(N)NCCC[C@H](NC(=O)CNC(=O)CN)C(=O)N[C@@H](Cc1ccc(O)cc1)C(=O)O. The van der Waals surface area contributed by atoms with Crippen molar-refractivity contribution in [3.8, 4) is 5.75 Å². The predicted molar refractivity (Wildman–Crippen MR) is 115 cm³/mol. The highest BCUT2D eigenvalue weighted by atomic mass is 16.4. The van der Waals surface area contributed by atoms with Crippen LogP contribution in [0.2, 0.25) is 0 Å². The summed E-state index contributed by atoms with van der Waals surface area (Å²) in [5, 5.41) is 35.7. The Hall–Kier alpha value is -3.87. The van der Waals surface area contributed by atoms with Crippen LogP contribution in [0.3, 0.4) is 0 Å². The Bertz CT molecular complexity index is 815. The first kappa shape index (κ1) is 26.2. The van der Waals surface area contributed by atoms with Crippen LogP contribution in [0, 0.1) is 5.41 Å². The second kappa shape index (κ2) is 13.4. The lowest BCUT2D eigenvalue weighted by atomic mass is 10.0. The van der Waals surface area contributed by atoms with Crippen molar-refractivity contribution < 1.29 is 29.4 Å². The first-order chi connectivity index (χ1) is 15.1. The average molecular weight is 451 g/mol. The zero-order valence-corrected chi connectivity index (χ0v) is 17.4. The molecule has 1 rings (SSSR count). The van der Waals surface area contributed by atoms with Gasteiger partial charge >= 0.3 is 5.97 Å². The summed E-state index contributed by atoms with van der Waals surface area (Å²) in [5.41, 5.74) is 10.9. The topological polar surface area (TPSA) is 233 Å². The normalized spacial score (nSPS) is 12.2. The van der Waals surface area contributed by atoms with Crippen LogP contribution >= 0.6 is 0 Å². The van der Waals surface area contributed by atoms with Crippen LogP contribution in [0.5, 0.6) is 5.75 Å². The summed E-state index contributed by atoms with van der Waals surface area (Å²) >= 11 is 0. The molecule has 0 saturated carbocycles. The number of nitrogens with one attached hydrogen (secondary N) is 5. The van der Waals surface area contributed by atoms with Gasteiger partial charge in [-0.1, -0.05) is 12.1 Å². The van der Waals surface area contributed by atoms with Gasteiger partial charge < -0.3 is 42.9 Å². The Kier molecular flexibility index (Phi) is 11.0. The number of phenolic OH excluding ortho intramolecular Hbond substituents is 1. The van der Waals surface area contributed by atoms with Crippen molar-refractivity contribution in [2.45, 2.75) is 31.3 Å². The monoisotopic (exact) mass is 451 g/mol. The molecule has 0 radical (unpaired) electrons. The maximum absolute atomic E-state index is 12.7. The summed E-state index contributed by atoms with van der Waals surface area (Å²) in [4.78, 5) is 47.7. The molecule has 0 aromatic heterocycles. The first-order valence-corrected chi connectivity index (χ1v) is 9.77. The van der Waals surface area contributed by atoms with Gasteiger partial charge in [-0.15, -0.1) is 0 Å². The zero-order chi connectivity index (χ0) is 24.1. The quantitative estimate of drug-likeness (QED) is 0.0862. The summed E-state index contributed by atoms with van der Waals surface area (Å²) in [5.74, 6) is -3.43. The molecule has 176 valence electrons. The van der Waals surface area contributed by atoms with Gasteiger partial charge in [-0.3, -0.25) is 19.8 Å². The lowest BCUT2D eigenvalue weighted by Gasteiger charge is -2.22. The minimum absolute atomic E-state index is 0.0216. The lowest BCUT2D eigenvalue weighted by molar-refractivity contribution is -0.142. The second-order valence-corrected chi connectivity index (χ2v) is 6.85. The third kappa shape index (κ3) is 10.2. The number of hydrogen-bond acceptors (Lipinski definition) is 7. The van der Waals surface area contributed by atoms with Crippen LogP contribution in [-0.2, 0) is 25.6 Å². The zero-order valence-electron chi connectivity index (χ0n) is 17.4. The number of aromatic hydroxyl groups is 1. The van der Waals surface area contributed by atoms with Crippen LogP contribution < -0.4 is 32.7 Å². The van der Waals surface area contributed by atoms with Gasteiger partial charge in [0.1, 0.15) is 17.8 Å². The van der Waals surface area contributed by atoms with E-state index >= 15 is 0 Å². The maximum Gasteiger partial charge on any atom is 0.326 e. The van der Waals surface area contributed by atoms with Gasteiger partial charge in [-0.25, -0.2) is 4.79 Å². The van der Waals surface area contributed by atoms with Crippen LogP contribution in [0.25, 0.3) is 0 Å². The molecule has 0 aliphatic rings. The van der Waals surface area contributed by atoms with E-state index in [0.717, 1.165) is 0 Å². The fourth-order valence-electron chi connectivity index (χ4n) is 2.63. The van der Waals surface area contributed by atoms with Crippen molar-refractivity contribution in [1.29, 1.82) is 5.41 Å². The molecule has 0 heterocycles. The molecule has 0 aliphatic carbocycles. The highest BCUT2D eigenvalue weighted by Gasteiger charge is 2.26. The molecule has 0 aliphatic heterocycles. The molecule has 32 heavy (non-hydrogen) atoms. The number of carboxylic acid groups (broad SMARTS) is 1. The van der Waals surface area contributed by atoms with E-state index in [9.17, 15) is 29.4 Å². The number of phenols is 1. The molecule has 13 heteroatoms. The lowest BCUT2D eigenvalue weighted by Crippen LogP contribution is -2.53. The number of rotatable bonds is 13. The summed E-state index contributed by atoms with van der Waals surface area (Å²) < 4.78 is 0.